The van der Waals surface area contributed by atoms with Crippen molar-refractivity contribution in [2.75, 3.05) is 31.1 Å². The van der Waals surface area contributed by atoms with Crippen LogP contribution in [0.3, 0.4) is 0 Å². The number of nitrogens with zero attached hydrogens (tertiary/aromatic N) is 1. The summed E-state index contributed by atoms with van der Waals surface area (Å²) in [6, 6.07) is 1.21. The summed E-state index contributed by atoms with van der Waals surface area (Å²) in [7, 11) is -0.537. The van der Waals surface area contributed by atoms with Gasteiger partial charge in [0.25, 0.3) is 0 Å². The molecule has 3 nitrogen and oxygen atoms in total. The molecular formula is C15H30N2OS. The highest BCUT2D eigenvalue weighted by atomic mass is 32.2. The van der Waals surface area contributed by atoms with Gasteiger partial charge in [0, 0.05) is 40.9 Å². The number of hydrogen-bond donors (Lipinski definition) is 1. The molecule has 2 saturated heterocycles. The Morgan fingerprint density at radius 3 is 2.74 bits per heavy atom. The van der Waals surface area contributed by atoms with E-state index in [2.05, 4.69) is 24.1 Å². The molecule has 0 aromatic heterocycles. The van der Waals surface area contributed by atoms with E-state index in [1.165, 1.54) is 38.9 Å². The molecule has 2 rings (SSSR count). The van der Waals surface area contributed by atoms with Gasteiger partial charge < -0.3 is 10.2 Å². The number of nitrogens with one attached hydrogen (secondary N) is 1. The third-order valence-corrected chi connectivity index (χ3v) is 6.06. The lowest BCUT2D eigenvalue weighted by atomic mass is 9.90. The molecule has 2 aliphatic heterocycles. The zero-order valence-corrected chi connectivity index (χ0v) is 13.4. The average molecular weight is 286 g/mol. The molecule has 0 aromatic carbocycles. The maximum atomic E-state index is 11.4. The maximum absolute atomic E-state index is 11.4. The molecule has 2 atom stereocenters. The van der Waals surface area contributed by atoms with Crippen molar-refractivity contribution in [3.63, 3.8) is 0 Å². The first-order valence-corrected chi connectivity index (χ1v) is 9.51. The van der Waals surface area contributed by atoms with Crippen LogP contribution in [0.1, 0.15) is 46.0 Å². The van der Waals surface area contributed by atoms with Crippen molar-refractivity contribution in [2.45, 2.75) is 58.0 Å². The second-order valence-corrected chi connectivity index (χ2v) is 7.98. The van der Waals surface area contributed by atoms with Gasteiger partial charge in [-0.3, -0.25) is 4.21 Å². The zero-order valence-electron chi connectivity index (χ0n) is 12.6. The zero-order chi connectivity index (χ0) is 13.7. The molecule has 2 heterocycles. The summed E-state index contributed by atoms with van der Waals surface area (Å²) in [4.78, 5) is 2.63. The summed E-state index contributed by atoms with van der Waals surface area (Å²) >= 11 is 0. The number of piperidine rings is 1. The van der Waals surface area contributed by atoms with E-state index in [1.807, 2.05) is 0 Å². The van der Waals surface area contributed by atoms with Gasteiger partial charge in [0.1, 0.15) is 0 Å². The van der Waals surface area contributed by atoms with Crippen LogP contribution in [0.5, 0.6) is 0 Å². The molecule has 19 heavy (non-hydrogen) atoms. The van der Waals surface area contributed by atoms with E-state index in [0.29, 0.717) is 12.1 Å². The van der Waals surface area contributed by atoms with E-state index in [0.717, 1.165) is 30.3 Å². The minimum Gasteiger partial charge on any atom is -0.311 e. The molecule has 0 amide bonds. The number of rotatable bonds is 5. The highest BCUT2D eigenvalue weighted by Gasteiger charge is 2.27. The van der Waals surface area contributed by atoms with Gasteiger partial charge in [0.05, 0.1) is 0 Å². The fourth-order valence-corrected chi connectivity index (χ4v) is 4.79. The van der Waals surface area contributed by atoms with E-state index < -0.39 is 10.8 Å². The van der Waals surface area contributed by atoms with Crippen LogP contribution in [-0.4, -0.2) is 52.3 Å². The van der Waals surface area contributed by atoms with Crippen LogP contribution >= 0.6 is 0 Å². The van der Waals surface area contributed by atoms with Gasteiger partial charge >= 0.3 is 0 Å². The molecule has 0 bridgehead atoms. The van der Waals surface area contributed by atoms with Crippen LogP contribution in [0.25, 0.3) is 0 Å². The fraction of sp³-hybridized carbons (Fsp3) is 1.00. The molecule has 0 aromatic rings. The van der Waals surface area contributed by atoms with Crippen molar-refractivity contribution < 1.29 is 4.21 Å². The molecule has 0 aliphatic carbocycles. The Labute approximate surface area is 121 Å². The summed E-state index contributed by atoms with van der Waals surface area (Å²) in [6.45, 7) is 8.44. The Morgan fingerprint density at radius 2 is 2.05 bits per heavy atom. The van der Waals surface area contributed by atoms with Crippen molar-refractivity contribution in [3.05, 3.63) is 0 Å². The topological polar surface area (TPSA) is 32.3 Å². The Morgan fingerprint density at radius 1 is 1.32 bits per heavy atom. The summed E-state index contributed by atoms with van der Waals surface area (Å²) in [5.41, 5.74) is 0. The second-order valence-electron chi connectivity index (χ2n) is 6.28. The quantitative estimate of drug-likeness (QED) is 0.839. The first kappa shape index (κ1) is 15.5. The molecule has 112 valence electrons. The third kappa shape index (κ3) is 4.83. The van der Waals surface area contributed by atoms with Crippen LogP contribution in [0.15, 0.2) is 0 Å². The lowest BCUT2D eigenvalue weighted by molar-refractivity contribution is 0.146. The van der Waals surface area contributed by atoms with Crippen molar-refractivity contribution in [2.24, 2.45) is 5.92 Å². The highest BCUT2D eigenvalue weighted by Crippen LogP contribution is 2.21. The van der Waals surface area contributed by atoms with E-state index in [-0.39, 0.29) is 0 Å². The van der Waals surface area contributed by atoms with E-state index in [4.69, 9.17) is 0 Å². The Balaban J connectivity index is 1.75. The van der Waals surface area contributed by atoms with Gasteiger partial charge in [-0.2, -0.15) is 0 Å². The van der Waals surface area contributed by atoms with E-state index in [1.54, 1.807) is 0 Å². The van der Waals surface area contributed by atoms with Crippen molar-refractivity contribution in [3.8, 4) is 0 Å². The van der Waals surface area contributed by atoms with Crippen LogP contribution in [0.4, 0.5) is 0 Å². The minimum atomic E-state index is -0.537. The van der Waals surface area contributed by atoms with Crippen molar-refractivity contribution in [1.29, 1.82) is 0 Å². The Bertz CT molecular complexity index is 286. The van der Waals surface area contributed by atoms with Crippen LogP contribution in [-0.2, 0) is 10.8 Å². The first-order valence-electron chi connectivity index (χ1n) is 8.02. The SMILES string of the molecule is CCCN1CCCC(C(C)NC2CCS(=O)CC2)C1. The Kier molecular flexibility index (Phi) is 6.30. The average Bonchev–Trinajstić information content (AvgIpc) is 2.42. The van der Waals surface area contributed by atoms with Gasteiger partial charge in [-0.25, -0.2) is 0 Å². The molecule has 0 saturated carbocycles. The summed E-state index contributed by atoms with van der Waals surface area (Å²) in [6.07, 6.45) is 6.19. The molecule has 4 heteroatoms. The van der Waals surface area contributed by atoms with E-state index in [9.17, 15) is 4.21 Å². The van der Waals surface area contributed by atoms with Crippen LogP contribution in [0.2, 0.25) is 0 Å². The van der Waals surface area contributed by atoms with Gasteiger partial charge in [0.2, 0.25) is 0 Å². The fourth-order valence-electron chi connectivity index (χ4n) is 3.49. The number of likely N-dealkylation sites (tertiary alicyclic amines) is 1. The van der Waals surface area contributed by atoms with Gasteiger partial charge in [0.15, 0.2) is 0 Å². The Hall–Kier alpha value is 0.0700. The standard InChI is InChI=1S/C15H30N2OS/c1-3-8-17-9-4-5-14(12-17)13(2)16-15-6-10-19(18)11-7-15/h13-16H,3-12H2,1-2H3. The first-order chi connectivity index (χ1) is 9.19. The highest BCUT2D eigenvalue weighted by molar-refractivity contribution is 7.85. The predicted octanol–water partition coefficient (Wildman–Crippen LogP) is 2.00. The van der Waals surface area contributed by atoms with Crippen LogP contribution < -0.4 is 5.32 Å². The second kappa shape index (κ2) is 7.75. The normalized spacial score (nSPS) is 35.2. The van der Waals surface area contributed by atoms with Gasteiger partial charge in [-0.15, -0.1) is 0 Å². The molecule has 1 N–H and O–H groups in total. The van der Waals surface area contributed by atoms with Crippen LogP contribution in [0, 0.1) is 5.92 Å². The molecule has 2 unspecified atom stereocenters. The maximum Gasteiger partial charge on any atom is 0.0249 e. The molecule has 2 aliphatic rings. The van der Waals surface area contributed by atoms with Crippen molar-refractivity contribution >= 4 is 10.8 Å². The third-order valence-electron chi connectivity index (χ3n) is 4.68. The van der Waals surface area contributed by atoms with Gasteiger partial charge in [-0.1, -0.05) is 6.92 Å². The molecular weight excluding hydrogens is 256 g/mol. The minimum absolute atomic E-state index is 0.537. The van der Waals surface area contributed by atoms with Crippen molar-refractivity contribution in [1.82, 2.24) is 10.2 Å². The summed E-state index contributed by atoms with van der Waals surface area (Å²) in [5.74, 6) is 2.60. The lowest BCUT2D eigenvalue weighted by Gasteiger charge is -2.38. The molecule has 0 spiro atoms. The monoisotopic (exact) mass is 286 g/mol. The van der Waals surface area contributed by atoms with E-state index >= 15 is 0 Å². The smallest absolute Gasteiger partial charge is 0.0249 e. The largest absolute Gasteiger partial charge is 0.311 e. The lowest BCUT2D eigenvalue weighted by Crippen LogP contribution is -2.49. The number of hydrogen-bond acceptors (Lipinski definition) is 3. The summed E-state index contributed by atoms with van der Waals surface area (Å²) in [5, 5.41) is 3.81. The predicted molar refractivity (Wildman–Crippen MR) is 83.0 cm³/mol. The molecule has 2 fully saturated rings. The summed E-state index contributed by atoms with van der Waals surface area (Å²) < 4.78 is 11.4. The molecule has 0 radical (unpaired) electrons. The van der Waals surface area contributed by atoms with Gasteiger partial charge in [-0.05, 0) is 58.0 Å².